The van der Waals surface area contributed by atoms with Crippen LogP contribution in [0.3, 0.4) is 0 Å². The quantitative estimate of drug-likeness (QED) is 0.887. The number of carbonyl (C=O) groups excluding carboxylic acids is 2. The molecule has 1 aliphatic heterocycles. The maximum absolute atomic E-state index is 12.5. The fourth-order valence-electron chi connectivity index (χ4n) is 2.96. The minimum atomic E-state index is -0.411. The highest BCUT2D eigenvalue weighted by atomic mass is 32.1. The van der Waals surface area contributed by atoms with Gasteiger partial charge in [-0.2, -0.15) is 0 Å². The standard InChI is InChI=1S/C17H18N4O3S/c1-24-13-5-3-2-4-12(13)21-9-11(8-14(21)22)15(23)18-17-20-19-16(25-17)10-6-7-10/h2-5,10-11H,6-9H2,1H3,(H,18,20,23)/t11-/m0/s1. The van der Waals surface area contributed by atoms with Crippen molar-refractivity contribution in [2.45, 2.75) is 25.2 Å². The second kappa shape index (κ2) is 6.44. The number of nitrogens with zero attached hydrogens (tertiary/aromatic N) is 3. The maximum atomic E-state index is 12.5. The number of hydrogen-bond acceptors (Lipinski definition) is 6. The van der Waals surface area contributed by atoms with Crippen LogP contribution in [0.2, 0.25) is 0 Å². The molecular weight excluding hydrogens is 340 g/mol. The molecule has 2 aliphatic rings. The van der Waals surface area contributed by atoms with Gasteiger partial charge < -0.3 is 15.0 Å². The Hall–Kier alpha value is -2.48. The van der Waals surface area contributed by atoms with Crippen LogP contribution in [0.5, 0.6) is 5.75 Å². The number of para-hydroxylation sites is 2. The third kappa shape index (κ3) is 3.21. The van der Waals surface area contributed by atoms with E-state index in [9.17, 15) is 9.59 Å². The summed E-state index contributed by atoms with van der Waals surface area (Å²) in [6, 6.07) is 7.32. The number of amides is 2. The van der Waals surface area contributed by atoms with Crippen LogP contribution in [0.1, 0.15) is 30.2 Å². The van der Waals surface area contributed by atoms with Gasteiger partial charge in [0.25, 0.3) is 0 Å². The van der Waals surface area contributed by atoms with E-state index in [0.29, 0.717) is 29.0 Å². The second-order valence-corrected chi connectivity index (χ2v) is 7.30. The summed E-state index contributed by atoms with van der Waals surface area (Å²) in [5.74, 6) is 0.447. The molecule has 0 radical (unpaired) electrons. The monoisotopic (exact) mass is 358 g/mol. The smallest absolute Gasteiger partial charge is 0.231 e. The van der Waals surface area contributed by atoms with Gasteiger partial charge in [0.15, 0.2) is 0 Å². The number of nitrogens with one attached hydrogen (secondary N) is 1. The molecule has 4 rings (SSSR count). The minimum Gasteiger partial charge on any atom is -0.495 e. The topological polar surface area (TPSA) is 84.4 Å². The summed E-state index contributed by atoms with van der Waals surface area (Å²) in [5.41, 5.74) is 0.692. The molecule has 2 amide bonds. The van der Waals surface area contributed by atoms with Gasteiger partial charge in [-0.1, -0.05) is 23.5 Å². The van der Waals surface area contributed by atoms with Gasteiger partial charge in [-0.05, 0) is 25.0 Å². The molecule has 2 aromatic rings. The number of hydrogen-bond donors (Lipinski definition) is 1. The first kappa shape index (κ1) is 16.0. The number of anilines is 2. The summed E-state index contributed by atoms with van der Waals surface area (Å²) in [7, 11) is 1.57. The van der Waals surface area contributed by atoms with E-state index in [4.69, 9.17) is 4.74 Å². The summed E-state index contributed by atoms with van der Waals surface area (Å²) in [6.07, 6.45) is 2.47. The van der Waals surface area contributed by atoms with Crippen molar-refractivity contribution in [1.29, 1.82) is 0 Å². The number of aromatic nitrogens is 2. The Balaban J connectivity index is 1.44. The third-order valence-corrected chi connectivity index (χ3v) is 5.47. The van der Waals surface area contributed by atoms with Gasteiger partial charge in [-0.3, -0.25) is 9.59 Å². The summed E-state index contributed by atoms with van der Waals surface area (Å²) in [5, 5.41) is 12.4. The van der Waals surface area contributed by atoms with Crippen molar-refractivity contribution >= 4 is 34.0 Å². The largest absolute Gasteiger partial charge is 0.495 e. The molecule has 1 N–H and O–H groups in total. The van der Waals surface area contributed by atoms with E-state index in [2.05, 4.69) is 15.5 Å². The molecule has 8 heteroatoms. The van der Waals surface area contributed by atoms with Crippen molar-refractivity contribution in [3.63, 3.8) is 0 Å². The Morgan fingerprint density at radius 3 is 2.88 bits per heavy atom. The molecule has 1 saturated heterocycles. The first-order chi connectivity index (χ1) is 12.2. The van der Waals surface area contributed by atoms with Crippen LogP contribution in [-0.2, 0) is 9.59 Å². The van der Waals surface area contributed by atoms with Crippen LogP contribution in [-0.4, -0.2) is 35.7 Å². The molecule has 0 bridgehead atoms. The Morgan fingerprint density at radius 1 is 1.32 bits per heavy atom. The molecule has 25 heavy (non-hydrogen) atoms. The normalized spacial score (nSPS) is 20.0. The number of rotatable bonds is 5. The van der Waals surface area contributed by atoms with Gasteiger partial charge in [0.2, 0.25) is 16.9 Å². The first-order valence-corrected chi connectivity index (χ1v) is 9.05. The molecule has 0 spiro atoms. The Morgan fingerprint density at radius 2 is 2.12 bits per heavy atom. The van der Waals surface area contributed by atoms with E-state index in [1.165, 1.54) is 11.3 Å². The zero-order valence-corrected chi connectivity index (χ0v) is 14.6. The lowest BCUT2D eigenvalue weighted by atomic mass is 10.1. The van der Waals surface area contributed by atoms with Crippen LogP contribution in [0.15, 0.2) is 24.3 Å². The van der Waals surface area contributed by atoms with Gasteiger partial charge in [-0.25, -0.2) is 0 Å². The average Bonchev–Trinajstić information content (AvgIpc) is 3.25. The fourth-order valence-corrected chi connectivity index (χ4v) is 3.87. The van der Waals surface area contributed by atoms with Gasteiger partial charge in [0, 0.05) is 18.9 Å². The van der Waals surface area contributed by atoms with Crippen LogP contribution in [0, 0.1) is 5.92 Å². The Bertz CT molecular complexity index is 818. The third-order valence-electron chi connectivity index (χ3n) is 4.47. The lowest BCUT2D eigenvalue weighted by Gasteiger charge is -2.19. The van der Waals surface area contributed by atoms with Crippen molar-refractivity contribution < 1.29 is 14.3 Å². The molecule has 1 atom stereocenters. The molecule has 1 aromatic carbocycles. The zero-order valence-electron chi connectivity index (χ0n) is 13.8. The second-order valence-electron chi connectivity index (χ2n) is 6.29. The lowest BCUT2D eigenvalue weighted by molar-refractivity contribution is -0.122. The Labute approximate surface area is 149 Å². The van der Waals surface area contributed by atoms with Gasteiger partial charge >= 0.3 is 0 Å². The van der Waals surface area contributed by atoms with Crippen LogP contribution >= 0.6 is 11.3 Å². The molecule has 7 nitrogen and oxygen atoms in total. The van der Waals surface area contributed by atoms with Crippen molar-refractivity contribution in [2.24, 2.45) is 5.92 Å². The van der Waals surface area contributed by atoms with Crippen molar-refractivity contribution in [1.82, 2.24) is 10.2 Å². The van der Waals surface area contributed by atoms with E-state index in [1.54, 1.807) is 18.1 Å². The van der Waals surface area contributed by atoms with E-state index in [-0.39, 0.29) is 18.2 Å². The molecule has 1 aliphatic carbocycles. The fraction of sp³-hybridized carbons (Fsp3) is 0.412. The summed E-state index contributed by atoms with van der Waals surface area (Å²) < 4.78 is 5.32. The van der Waals surface area contributed by atoms with E-state index in [1.807, 2.05) is 18.2 Å². The summed E-state index contributed by atoms with van der Waals surface area (Å²) >= 11 is 1.42. The van der Waals surface area contributed by atoms with Gasteiger partial charge in [0.05, 0.1) is 18.7 Å². The maximum Gasteiger partial charge on any atom is 0.231 e. The van der Waals surface area contributed by atoms with Crippen LogP contribution < -0.4 is 15.0 Å². The molecule has 130 valence electrons. The molecule has 2 heterocycles. The molecular formula is C17H18N4O3S. The van der Waals surface area contributed by atoms with Gasteiger partial charge in [-0.15, -0.1) is 10.2 Å². The number of carbonyl (C=O) groups is 2. The molecule has 0 unspecified atom stereocenters. The predicted octanol–water partition coefficient (Wildman–Crippen LogP) is 2.42. The highest BCUT2D eigenvalue weighted by Gasteiger charge is 2.36. The summed E-state index contributed by atoms with van der Waals surface area (Å²) in [6.45, 7) is 0.333. The molecule has 2 fully saturated rings. The first-order valence-electron chi connectivity index (χ1n) is 8.23. The van der Waals surface area contributed by atoms with Crippen LogP contribution in [0.4, 0.5) is 10.8 Å². The summed E-state index contributed by atoms with van der Waals surface area (Å²) in [4.78, 5) is 26.5. The number of methoxy groups -OCH3 is 1. The number of ether oxygens (including phenoxy) is 1. The highest BCUT2D eigenvalue weighted by Crippen LogP contribution is 2.42. The van der Waals surface area contributed by atoms with E-state index >= 15 is 0 Å². The van der Waals surface area contributed by atoms with Crippen LogP contribution in [0.25, 0.3) is 0 Å². The predicted molar refractivity (Wildman–Crippen MR) is 94.0 cm³/mol. The minimum absolute atomic E-state index is 0.0828. The van der Waals surface area contributed by atoms with Gasteiger partial charge in [0.1, 0.15) is 10.8 Å². The van der Waals surface area contributed by atoms with Crippen molar-refractivity contribution in [2.75, 3.05) is 23.9 Å². The molecule has 1 saturated carbocycles. The van der Waals surface area contributed by atoms with Crippen molar-refractivity contribution in [3.05, 3.63) is 29.3 Å². The lowest BCUT2D eigenvalue weighted by Crippen LogP contribution is -2.28. The zero-order chi connectivity index (χ0) is 17.4. The number of benzene rings is 1. The van der Waals surface area contributed by atoms with E-state index in [0.717, 1.165) is 17.8 Å². The SMILES string of the molecule is COc1ccccc1N1C[C@@H](C(=O)Nc2nnc(C3CC3)s2)CC1=O. The van der Waals surface area contributed by atoms with E-state index < -0.39 is 5.92 Å². The highest BCUT2D eigenvalue weighted by molar-refractivity contribution is 7.15. The average molecular weight is 358 g/mol. The molecule has 1 aromatic heterocycles. The van der Waals surface area contributed by atoms with Crippen molar-refractivity contribution in [3.8, 4) is 5.75 Å². The Kier molecular flexibility index (Phi) is 4.12.